The van der Waals surface area contributed by atoms with Crippen LogP contribution in [0.25, 0.3) is 0 Å². The summed E-state index contributed by atoms with van der Waals surface area (Å²) in [6.45, 7) is -2.88. The van der Waals surface area contributed by atoms with Crippen molar-refractivity contribution >= 4 is 5.91 Å². The number of hydrogen-bond donors (Lipinski definition) is 2. The largest absolute Gasteiger partial charge is 0.434 e. The molecule has 110 valence electrons. The standard InChI is InChI=1S/C13H15F3N2O2/c14-8-3-4-9(11(5-8)20-13(15)16)12(19)18-6-10(17)7-1-2-7/h3-5,7,10,13H,1-2,6,17H2,(H,18,19). The molecule has 0 saturated heterocycles. The summed E-state index contributed by atoms with van der Waals surface area (Å²) in [6.07, 6.45) is 2.07. The van der Waals surface area contributed by atoms with E-state index in [-0.39, 0.29) is 18.2 Å². The Morgan fingerprint density at radius 1 is 1.45 bits per heavy atom. The van der Waals surface area contributed by atoms with Gasteiger partial charge in [-0.2, -0.15) is 8.78 Å². The van der Waals surface area contributed by atoms with Crippen molar-refractivity contribution in [1.82, 2.24) is 5.32 Å². The Kier molecular flexibility index (Phi) is 4.49. The van der Waals surface area contributed by atoms with E-state index in [4.69, 9.17) is 5.73 Å². The Morgan fingerprint density at radius 3 is 2.75 bits per heavy atom. The Balaban J connectivity index is 2.03. The Morgan fingerprint density at radius 2 is 2.15 bits per heavy atom. The first-order valence-electron chi connectivity index (χ1n) is 6.25. The van der Waals surface area contributed by atoms with Crippen molar-refractivity contribution in [2.24, 2.45) is 11.7 Å². The highest BCUT2D eigenvalue weighted by Gasteiger charge is 2.28. The van der Waals surface area contributed by atoms with Gasteiger partial charge in [0.05, 0.1) is 5.56 Å². The molecule has 3 N–H and O–H groups in total. The maximum absolute atomic E-state index is 13.0. The van der Waals surface area contributed by atoms with Crippen molar-refractivity contribution < 1.29 is 22.7 Å². The molecule has 0 heterocycles. The van der Waals surface area contributed by atoms with Crippen molar-refractivity contribution in [3.05, 3.63) is 29.6 Å². The highest BCUT2D eigenvalue weighted by atomic mass is 19.3. The van der Waals surface area contributed by atoms with Gasteiger partial charge < -0.3 is 15.8 Å². The smallest absolute Gasteiger partial charge is 0.387 e. The third kappa shape index (κ3) is 3.86. The third-order valence-corrected chi connectivity index (χ3v) is 3.13. The Bertz CT molecular complexity index is 493. The number of nitrogens with two attached hydrogens (primary N) is 1. The summed E-state index contributed by atoms with van der Waals surface area (Å²) in [6, 6.07) is 2.71. The zero-order valence-corrected chi connectivity index (χ0v) is 10.6. The average Bonchev–Trinajstić information content (AvgIpc) is 3.19. The minimum Gasteiger partial charge on any atom is -0.434 e. The molecule has 0 aromatic heterocycles. The van der Waals surface area contributed by atoms with E-state index < -0.39 is 24.1 Å². The molecule has 2 rings (SSSR count). The summed E-state index contributed by atoms with van der Waals surface area (Å²) in [7, 11) is 0. The first kappa shape index (κ1) is 14.6. The number of hydrogen-bond acceptors (Lipinski definition) is 3. The van der Waals surface area contributed by atoms with Crippen LogP contribution in [0.4, 0.5) is 13.2 Å². The van der Waals surface area contributed by atoms with Crippen LogP contribution in [0.15, 0.2) is 18.2 Å². The molecule has 0 aliphatic heterocycles. The van der Waals surface area contributed by atoms with Crippen LogP contribution in [-0.2, 0) is 0 Å². The zero-order chi connectivity index (χ0) is 14.7. The minimum absolute atomic E-state index is 0.144. The van der Waals surface area contributed by atoms with E-state index in [0.717, 1.165) is 31.0 Å². The number of benzene rings is 1. The highest BCUT2D eigenvalue weighted by molar-refractivity contribution is 5.96. The Hall–Kier alpha value is -1.76. The van der Waals surface area contributed by atoms with E-state index in [1.807, 2.05) is 0 Å². The van der Waals surface area contributed by atoms with Crippen LogP contribution < -0.4 is 15.8 Å². The van der Waals surface area contributed by atoms with E-state index in [1.54, 1.807) is 0 Å². The van der Waals surface area contributed by atoms with Crippen molar-refractivity contribution in [3.63, 3.8) is 0 Å². The molecule has 1 aliphatic carbocycles. The van der Waals surface area contributed by atoms with Crippen LogP contribution in [0.2, 0.25) is 0 Å². The molecule has 0 radical (unpaired) electrons. The molecule has 4 nitrogen and oxygen atoms in total. The van der Waals surface area contributed by atoms with E-state index in [1.165, 1.54) is 0 Å². The van der Waals surface area contributed by atoms with Crippen LogP contribution in [0.3, 0.4) is 0 Å². The fraction of sp³-hybridized carbons (Fsp3) is 0.462. The van der Waals surface area contributed by atoms with Gasteiger partial charge in [-0.05, 0) is 30.9 Å². The molecule has 0 spiro atoms. The first-order valence-corrected chi connectivity index (χ1v) is 6.25. The number of amides is 1. The third-order valence-electron chi connectivity index (χ3n) is 3.13. The monoisotopic (exact) mass is 288 g/mol. The predicted molar refractivity (Wildman–Crippen MR) is 66.1 cm³/mol. The summed E-state index contributed by atoms with van der Waals surface area (Å²) >= 11 is 0. The molecular formula is C13H15F3N2O2. The molecule has 1 aliphatic rings. The van der Waals surface area contributed by atoms with Crippen LogP contribution >= 0.6 is 0 Å². The van der Waals surface area contributed by atoms with E-state index in [9.17, 15) is 18.0 Å². The van der Waals surface area contributed by atoms with Gasteiger partial charge in [0.25, 0.3) is 5.91 Å². The van der Waals surface area contributed by atoms with Gasteiger partial charge in [0, 0.05) is 18.7 Å². The lowest BCUT2D eigenvalue weighted by molar-refractivity contribution is -0.0503. The van der Waals surface area contributed by atoms with Crippen molar-refractivity contribution in [2.75, 3.05) is 6.54 Å². The van der Waals surface area contributed by atoms with Crippen molar-refractivity contribution in [1.29, 1.82) is 0 Å². The molecule has 1 amide bonds. The number of carbonyl (C=O) groups is 1. The molecule has 1 aromatic rings. The van der Waals surface area contributed by atoms with Crippen molar-refractivity contribution in [3.8, 4) is 5.75 Å². The van der Waals surface area contributed by atoms with E-state index in [0.29, 0.717) is 5.92 Å². The molecule has 20 heavy (non-hydrogen) atoms. The fourth-order valence-electron chi connectivity index (χ4n) is 1.87. The van der Waals surface area contributed by atoms with Gasteiger partial charge in [0.2, 0.25) is 0 Å². The number of carbonyl (C=O) groups excluding carboxylic acids is 1. The first-order chi connectivity index (χ1) is 9.47. The average molecular weight is 288 g/mol. The minimum atomic E-state index is -3.13. The number of nitrogens with one attached hydrogen (secondary N) is 1. The molecule has 1 saturated carbocycles. The lowest BCUT2D eigenvalue weighted by Gasteiger charge is -2.14. The Labute approximate surface area is 114 Å². The number of rotatable bonds is 6. The molecule has 1 aromatic carbocycles. The van der Waals surface area contributed by atoms with Crippen molar-refractivity contribution in [2.45, 2.75) is 25.5 Å². The number of alkyl halides is 2. The molecule has 1 fully saturated rings. The normalized spacial score (nSPS) is 16.1. The maximum Gasteiger partial charge on any atom is 0.387 e. The molecule has 1 atom stereocenters. The fourth-order valence-corrected chi connectivity index (χ4v) is 1.87. The van der Waals surface area contributed by atoms with Gasteiger partial charge in [-0.1, -0.05) is 0 Å². The molecular weight excluding hydrogens is 273 g/mol. The van der Waals surface area contributed by atoms with Gasteiger partial charge in [0.1, 0.15) is 11.6 Å². The van der Waals surface area contributed by atoms with Gasteiger partial charge in [-0.25, -0.2) is 4.39 Å². The lowest BCUT2D eigenvalue weighted by Crippen LogP contribution is -2.38. The SMILES string of the molecule is NC(CNC(=O)c1ccc(F)cc1OC(F)F)C1CC1. The lowest BCUT2D eigenvalue weighted by atomic mass is 10.1. The van der Waals surface area contributed by atoms with E-state index >= 15 is 0 Å². The van der Waals surface area contributed by atoms with Gasteiger partial charge in [0.15, 0.2) is 0 Å². The number of ether oxygens (including phenoxy) is 1. The number of halogens is 3. The second kappa shape index (κ2) is 6.13. The molecule has 1 unspecified atom stereocenters. The maximum atomic E-state index is 13.0. The topological polar surface area (TPSA) is 64.3 Å². The quantitative estimate of drug-likeness (QED) is 0.840. The summed E-state index contributed by atoms with van der Waals surface area (Å²) in [5, 5.41) is 2.54. The van der Waals surface area contributed by atoms with E-state index in [2.05, 4.69) is 10.1 Å². The summed E-state index contributed by atoms with van der Waals surface area (Å²) < 4.78 is 41.6. The highest BCUT2D eigenvalue weighted by Crippen LogP contribution is 2.31. The second-order valence-electron chi connectivity index (χ2n) is 4.73. The van der Waals surface area contributed by atoms with Crippen LogP contribution in [0.5, 0.6) is 5.75 Å². The predicted octanol–water partition coefficient (Wildman–Crippen LogP) is 1.89. The summed E-state index contributed by atoms with van der Waals surface area (Å²) in [5.41, 5.74) is 5.68. The summed E-state index contributed by atoms with van der Waals surface area (Å²) in [4.78, 5) is 11.9. The van der Waals surface area contributed by atoms with Gasteiger partial charge >= 0.3 is 6.61 Å². The van der Waals surface area contributed by atoms with Crippen LogP contribution in [0.1, 0.15) is 23.2 Å². The van der Waals surface area contributed by atoms with Crippen LogP contribution in [0, 0.1) is 11.7 Å². The molecule has 7 heteroatoms. The van der Waals surface area contributed by atoms with Crippen LogP contribution in [-0.4, -0.2) is 25.1 Å². The summed E-state index contributed by atoms with van der Waals surface area (Å²) in [5.74, 6) is -1.46. The van der Waals surface area contributed by atoms with Gasteiger partial charge in [-0.15, -0.1) is 0 Å². The molecule has 0 bridgehead atoms. The van der Waals surface area contributed by atoms with Gasteiger partial charge in [-0.3, -0.25) is 4.79 Å². The zero-order valence-electron chi connectivity index (χ0n) is 10.6. The second-order valence-corrected chi connectivity index (χ2v) is 4.73.